The van der Waals surface area contributed by atoms with Crippen molar-refractivity contribution in [2.75, 3.05) is 5.75 Å². The van der Waals surface area contributed by atoms with Crippen LogP contribution in [0, 0.1) is 0 Å². The number of alkyl halides is 1. The summed E-state index contributed by atoms with van der Waals surface area (Å²) in [6.45, 7) is 0. The second-order valence-corrected chi connectivity index (χ2v) is 2.43. The zero-order valence-corrected chi connectivity index (χ0v) is 7.05. The predicted molar refractivity (Wildman–Crippen MR) is 44.1 cm³/mol. The van der Waals surface area contributed by atoms with Gasteiger partial charge < -0.3 is 16.8 Å². The van der Waals surface area contributed by atoms with Crippen LogP contribution < -0.4 is 16.8 Å². The van der Waals surface area contributed by atoms with Crippen molar-refractivity contribution in [1.82, 2.24) is 5.32 Å². The SMILES string of the molecule is NC(=O)[C@@H](F)NC(=O)[C@@H](N)CS. The third-order valence-electron chi connectivity index (χ3n) is 1.05. The topological polar surface area (TPSA) is 98.2 Å². The summed E-state index contributed by atoms with van der Waals surface area (Å²) in [4.78, 5) is 20.9. The van der Waals surface area contributed by atoms with Crippen molar-refractivity contribution in [2.45, 2.75) is 12.3 Å². The summed E-state index contributed by atoms with van der Waals surface area (Å²) in [5.41, 5.74) is 9.70. The molecule has 12 heavy (non-hydrogen) atoms. The Balaban J connectivity index is 3.92. The molecule has 0 aromatic carbocycles. The molecule has 7 heteroatoms. The highest BCUT2D eigenvalue weighted by Gasteiger charge is 2.19. The number of rotatable bonds is 4. The van der Waals surface area contributed by atoms with Crippen molar-refractivity contribution in [1.29, 1.82) is 0 Å². The number of hydrogen-bond donors (Lipinski definition) is 4. The molecule has 0 bridgehead atoms. The van der Waals surface area contributed by atoms with Gasteiger partial charge in [-0.1, -0.05) is 0 Å². The molecule has 0 unspecified atom stereocenters. The van der Waals surface area contributed by atoms with Crippen molar-refractivity contribution in [3.8, 4) is 0 Å². The van der Waals surface area contributed by atoms with Gasteiger partial charge in [0.25, 0.3) is 12.2 Å². The van der Waals surface area contributed by atoms with E-state index in [1.54, 1.807) is 5.32 Å². The molecule has 0 radical (unpaired) electrons. The fourth-order valence-corrected chi connectivity index (χ4v) is 0.552. The maximum atomic E-state index is 12.4. The first-order chi connectivity index (χ1) is 5.49. The van der Waals surface area contributed by atoms with Crippen LogP contribution >= 0.6 is 12.6 Å². The van der Waals surface area contributed by atoms with E-state index in [0.29, 0.717) is 0 Å². The second kappa shape index (κ2) is 4.94. The summed E-state index contributed by atoms with van der Waals surface area (Å²) in [6.07, 6.45) is -2.19. The molecule has 5 nitrogen and oxygen atoms in total. The minimum Gasteiger partial charge on any atom is -0.365 e. The van der Waals surface area contributed by atoms with Crippen molar-refractivity contribution in [3.63, 3.8) is 0 Å². The van der Waals surface area contributed by atoms with Gasteiger partial charge in [-0.2, -0.15) is 12.6 Å². The number of nitrogens with two attached hydrogens (primary N) is 2. The van der Waals surface area contributed by atoms with Crippen LogP contribution in [0.5, 0.6) is 0 Å². The lowest BCUT2D eigenvalue weighted by atomic mass is 10.3. The molecule has 0 rings (SSSR count). The molecule has 0 spiro atoms. The van der Waals surface area contributed by atoms with Gasteiger partial charge in [0, 0.05) is 5.75 Å². The molecule has 2 amide bonds. The summed E-state index contributed by atoms with van der Waals surface area (Å²) < 4.78 is 12.4. The highest BCUT2D eigenvalue weighted by Crippen LogP contribution is 1.87. The average Bonchev–Trinajstić information content (AvgIpc) is 2.02. The van der Waals surface area contributed by atoms with Crippen LogP contribution in [-0.2, 0) is 9.59 Å². The Kier molecular flexibility index (Phi) is 4.60. The number of halogens is 1. The van der Waals surface area contributed by atoms with Gasteiger partial charge >= 0.3 is 0 Å². The number of hydrogen-bond acceptors (Lipinski definition) is 4. The molecule has 0 saturated heterocycles. The first-order valence-corrected chi connectivity index (χ1v) is 3.72. The molecule has 0 aromatic rings. The molecule has 0 aliphatic rings. The fraction of sp³-hybridized carbons (Fsp3) is 0.600. The Labute approximate surface area is 74.1 Å². The van der Waals surface area contributed by atoms with E-state index in [2.05, 4.69) is 18.4 Å². The van der Waals surface area contributed by atoms with Gasteiger partial charge in [0.15, 0.2) is 0 Å². The Morgan fingerprint density at radius 3 is 2.42 bits per heavy atom. The maximum absolute atomic E-state index is 12.4. The van der Waals surface area contributed by atoms with Crippen LogP contribution in [0.1, 0.15) is 0 Å². The summed E-state index contributed by atoms with van der Waals surface area (Å²) in [7, 11) is 0. The van der Waals surface area contributed by atoms with Gasteiger partial charge in [-0.05, 0) is 0 Å². The van der Waals surface area contributed by atoms with Gasteiger partial charge in [-0.25, -0.2) is 4.39 Å². The van der Waals surface area contributed by atoms with Crippen molar-refractivity contribution >= 4 is 24.4 Å². The Morgan fingerprint density at radius 1 is 1.58 bits per heavy atom. The summed E-state index contributed by atoms with van der Waals surface area (Å²) >= 11 is 3.70. The lowest BCUT2D eigenvalue weighted by Gasteiger charge is -2.10. The standard InChI is InChI=1S/C5H10FN3O2S/c6-3(4(8)10)9-5(11)2(7)1-12/h2-3,12H,1,7H2,(H2,8,10)(H,9,11)/t2-,3-/m0/s1. The zero-order valence-electron chi connectivity index (χ0n) is 6.16. The minimum atomic E-state index is -2.19. The molecule has 0 aliphatic carbocycles. The van der Waals surface area contributed by atoms with Crippen LogP contribution in [0.15, 0.2) is 0 Å². The normalized spacial score (nSPS) is 14.9. The monoisotopic (exact) mass is 195 g/mol. The van der Waals surface area contributed by atoms with Crippen molar-refractivity contribution in [2.24, 2.45) is 11.5 Å². The van der Waals surface area contributed by atoms with E-state index in [1.807, 2.05) is 0 Å². The van der Waals surface area contributed by atoms with E-state index >= 15 is 0 Å². The minimum absolute atomic E-state index is 0.0668. The van der Waals surface area contributed by atoms with E-state index < -0.39 is 24.2 Å². The lowest BCUT2D eigenvalue weighted by Crippen LogP contribution is -2.49. The van der Waals surface area contributed by atoms with Crippen LogP contribution in [0.2, 0.25) is 0 Å². The Bertz CT molecular complexity index is 190. The summed E-state index contributed by atoms with van der Waals surface area (Å²) in [5.74, 6) is -1.98. The first-order valence-electron chi connectivity index (χ1n) is 3.09. The van der Waals surface area contributed by atoms with E-state index in [4.69, 9.17) is 5.73 Å². The highest BCUT2D eigenvalue weighted by molar-refractivity contribution is 7.80. The Hall–Kier alpha value is -0.820. The number of carbonyl (C=O) groups excluding carboxylic acids is 2. The molecular weight excluding hydrogens is 185 g/mol. The lowest BCUT2D eigenvalue weighted by molar-refractivity contribution is -0.131. The van der Waals surface area contributed by atoms with Crippen LogP contribution in [-0.4, -0.2) is 29.9 Å². The van der Waals surface area contributed by atoms with E-state index in [-0.39, 0.29) is 5.75 Å². The fourth-order valence-electron chi connectivity index (χ4n) is 0.386. The third-order valence-corrected chi connectivity index (χ3v) is 1.45. The predicted octanol–water partition coefficient (Wildman–Crippen LogP) is -1.86. The smallest absolute Gasteiger partial charge is 0.272 e. The summed E-state index contributed by atoms with van der Waals surface area (Å²) in [5, 5.41) is 1.68. The van der Waals surface area contributed by atoms with Crippen LogP contribution in [0.25, 0.3) is 0 Å². The van der Waals surface area contributed by atoms with E-state index in [0.717, 1.165) is 0 Å². The molecule has 0 aliphatic heterocycles. The largest absolute Gasteiger partial charge is 0.365 e. The maximum Gasteiger partial charge on any atom is 0.272 e. The average molecular weight is 195 g/mol. The van der Waals surface area contributed by atoms with Gasteiger partial charge in [-0.3, -0.25) is 9.59 Å². The van der Waals surface area contributed by atoms with E-state index in [9.17, 15) is 14.0 Å². The number of thiol groups is 1. The zero-order chi connectivity index (χ0) is 9.72. The first kappa shape index (κ1) is 11.2. The molecule has 5 N–H and O–H groups in total. The summed E-state index contributed by atoms with van der Waals surface area (Å²) in [6, 6.07) is -0.939. The quantitative estimate of drug-likeness (QED) is 0.313. The third kappa shape index (κ3) is 3.54. The van der Waals surface area contributed by atoms with Gasteiger partial charge in [0.05, 0.1) is 6.04 Å². The Morgan fingerprint density at radius 2 is 2.08 bits per heavy atom. The number of amides is 2. The highest BCUT2D eigenvalue weighted by atomic mass is 32.1. The van der Waals surface area contributed by atoms with Gasteiger partial charge in [0.1, 0.15) is 0 Å². The van der Waals surface area contributed by atoms with Gasteiger partial charge in [0.2, 0.25) is 5.91 Å². The molecule has 0 heterocycles. The van der Waals surface area contributed by atoms with Crippen LogP contribution in [0.4, 0.5) is 4.39 Å². The number of nitrogens with one attached hydrogen (secondary N) is 1. The van der Waals surface area contributed by atoms with Crippen LogP contribution in [0.3, 0.4) is 0 Å². The molecule has 70 valence electrons. The van der Waals surface area contributed by atoms with Crippen molar-refractivity contribution < 1.29 is 14.0 Å². The molecule has 0 aromatic heterocycles. The molecule has 2 atom stereocenters. The van der Waals surface area contributed by atoms with Crippen molar-refractivity contribution in [3.05, 3.63) is 0 Å². The van der Waals surface area contributed by atoms with Gasteiger partial charge in [-0.15, -0.1) is 0 Å². The second-order valence-electron chi connectivity index (χ2n) is 2.06. The number of primary amides is 1. The molecular formula is C5H10FN3O2S. The van der Waals surface area contributed by atoms with E-state index in [1.165, 1.54) is 0 Å². The number of carbonyl (C=O) groups is 2. The molecule has 0 fully saturated rings. The molecule has 0 saturated carbocycles.